The number of piperidine rings is 1. The van der Waals surface area contributed by atoms with Gasteiger partial charge in [-0.3, -0.25) is 4.90 Å². The van der Waals surface area contributed by atoms with Gasteiger partial charge in [-0.2, -0.15) is 4.98 Å². The molecule has 22 heavy (non-hydrogen) atoms. The predicted molar refractivity (Wildman–Crippen MR) is 89.0 cm³/mol. The second-order valence-corrected chi connectivity index (χ2v) is 6.88. The number of nitrogens with zero attached hydrogens (tertiary/aromatic N) is 3. The summed E-state index contributed by atoms with van der Waals surface area (Å²) in [6.07, 6.45) is 5.52. The predicted octanol–water partition coefficient (Wildman–Crippen LogP) is 3.55. The van der Waals surface area contributed by atoms with Gasteiger partial charge in [0, 0.05) is 24.8 Å². The number of hydrogen-bond donors (Lipinski definition) is 0. The highest BCUT2D eigenvalue weighted by Crippen LogP contribution is 2.23. The van der Waals surface area contributed by atoms with Crippen LogP contribution in [0.4, 0.5) is 0 Å². The molecule has 3 rings (SSSR count). The molecule has 0 N–H and O–H groups in total. The quantitative estimate of drug-likeness (QED) is 0.789. The molecule has 0 amide bonds. The summed E-state index contributed by atoms with van der Waals surface area (Å²) in [4.78, 5) is 8.22. The maximum absolute atomic E-state index is 5.05. The van der Waals surface area contributed by atoms with Crippen LogP contribution in [-0.2, 0) is 13.0 Å². The van der Waals surface area contributed by atoms with Gasteiger partial charge in [-0.25, -0.2) is 0 Å². The van der Waals surface area contributed by atoms with Gasteiger partial charge in [0.25, 0.3) is 0 Å². The van der Waals surface area contributed by atoms with Crippen LogP contribution in [0.1, 0.15) is 30.1 Å². The molecule has 0 unspecified atom stereocenters. The van der Waals surface area contributed by atoms with Crippen LogP contribution in [0.25, 0.3) is 0 Å². The van der Waals surface area contributed by atoms with E-state index in [0.29, 0.717) is 11.8 Å². The minimum absolute atomic E-state index is 0.668. The fourth-order valence-electron chi connectivity index (χ4n) is 3.06. The first-order chi connectivity index (χ1) is 10.7. The Bertz CT molecular complexity index is 605. The van der Waals surface area contributed by atoms with E-state index in [2.05, 4.69) is 45.6 Å². The molecule has 1 fully saturated rings. The van der Waals surface area contributed by atoms with E-state index in [1.165, 1.54) is 23.3 Å². The summed E-state index contributed by atoms with van der Waals surface area (Å²) in [6.45, 7) is 5.22. The van der Waals surface area contributed by atoms with Crippen LogP contribution in [0.3, 0.4) is 0 Å². The maximum Gasteiger partial charge on any atom is 0.223 e. The van der Waals surface area contributed by atoms with Crippen LogP contribution in [0.15, 0.2) is 33.7 Å². The van der Waals surface area contributed by atoms with E-state index in [0.717, 1.165) is 31.9 Å². The third-order valence-electron chi connectivity index (χ3n) is 4.29. The Hall–Kier alpha value is -1.33. The van der Waals surface area contributed by atoms with Crippen molar-refractivity contribution in [3.05, 3.63) is 41.5 Å². The van der Waals surface area contributed by atoms with Crippen LogP contribution >= 0.6 is 11.8 Å². The molecule has 1 aromatic carbocycles. The molecule has 1 aliphatic rings. The Kier molecular flexibility index (Phi) is 5.16. The number of hydrogen-bond acceptors (Lipinski definition) is 5. The number of rotatable bonds is 5. The molecule has 0 aliphatic carbocycles. The molecule has 4 nitrogen and oxygen atoms in total. The van der Waals surface area contributed by atoms with Gasteiger partial charge < -0.3 is 4.52 Å². The molecule has 118 valence electrons. The molecule has 0 atom stereocenters. The van der Waals surface area contributed by atoms with Crippen molar-refractivity contribution in [1.82, 2.24) is 15.0 Å². The lowest BCUT2D eigenvalue weighted by Gasteiger charge is -2.31. The molecule has 1 aromatic heterocycles. The van der Waals surface area contributed by atoms with E-state index in [1.807, 2.05) is 18.7 Å². The van der Waals surface area contributed by atoms with E-state index in [1.54, 1.807) is 0 Å². The smallest absolute Gasteiger partial charge is 0.223 e. The van der Waals surface area contributed by atoms with Crippen molar-refractivity contribution < 1.29 is 4.52 Å². The highest BCUT2D eigenvalue weighted by Gasteiger charge is 2.21. The fraction of sp³-hybridized carbons (Fsp3) is 0.529. The lowest BCUT2D eigenvalue weighted by molar-refractivity contribution is 0.175. The number of aromatic nitrogens is 2. The van der Waals surface area contributed by atoms with Crippen LogP contribution in [0.2, 0.25) is 0 Å². The normalized spacial score (nSPS) is 17.0. The Balaban J connectivity index is 1.49. The first kappa shape index (κ1) is 15.6. The second kappa shape index (κ2) is 7.29. The summed E-state index contributed by atoms with van der Waals surface area (Å²) in [5.41, 5.74) is 1.42. The largest absolute Gasteiger partial charge is 0.340 e. The van der Waals surface area contributed by atoms with Crippen molar-refractivity contribution in [2.75, 3.05) is 19.3 Å². The Morgan fingerprint density at radius 3 is 2.82 bits per heavy atom. The zero-order chi connectivity index (χ0) is 15.4. The molecule has 0 spiro atoms. The lowest BCUT2D eigenvalue weighted by Crippen LogP contribution is -2.34. The van der Waals surface area contributed by atoms with Crippen molar-refractivity contribution in [2.24, 2.45) is 5.92 Å². The highest BCUT2D eigenvalue weighted by atomic mass is 32.2. The summed E-state index contributed by atoms with van der Waals surface area (Å²) in [5, 5.41) is 4.01. The average Bonchev–Trinajstić information content (AvgIpc) is 2.94. The van der Waals surface area contributed by atoms with Crippen molar-refractivity contribution in [3.63, 3.8) is 0 Å². The van der Waals surface area contributed by atoms with Gasteiger partial charge in [-0.1, -0.05) is 17.3 Å². The molecular weight excluding hydrogens is 294 g/mol. The maximum atomic E-state index is 5.05. The molecule has 0 saturated carbocycles. The Labute approximate surface area is 136 Å². The molecule has 5 heteroatoms. The van der Waals surface area contributed by atoms with Crippen LogP contribution in [0.5, 0.6) is 0 Å². The highest BCUT2D eigenvalue weighted by molar-refractivity contribution is 7.98. The molecule has 0 bridgehead atoms. The number of thioether (sulfide) groups is 1. The van der Waals surface area contributed by atoms with Crippen molar-refractivity contribution in [1.29, 1.82) is 0 Å². The summed E-state index contributed by atoms with van der Waals surface area (Å²) in [6, 6.07) is 8.87. The number of benzene rings is 1. The molecular formula is C17H23N3OS. The van der Waals surface area contributed by atoms with E-state index >= 15 is 0 Å². The third-order valence-corrected chi connectivity index (χ3v) is 5.01. The molecule has 2 aromatic rings. The van der Waals surface area contributed by atoms with Crippen LogP contribution in [0, 0.1) is 12.8 Å². The first-order valence-corrected chi connectivity index (χ1v) is 9.10. The van der Waals surface area contributed by atoms with Crippen LogP contribution < -0.4 is 0 Å². The van der Waals surface area contributed by atoms with Crippen molar-refractivity contribution in [3.8, 4) is 0 Å². The number of aryl methyl sites for hydroxylation is 1. The lowest BCUT2D eigenvalue weighted by atomic mass is 9.93. The third kappa shape index (κ3) is 4.11. The van der Waals surface area contributed by atoms with Gasteiger partial charge in [-0.15, -0.1) is 11.8 Å². The molecule has 0 radical (unpaired) electrons. The molecule has 2 heterocycles. The molecule has 1 saturated heterocycles. The number of likely N-dealkylation sites (tertiary alicyclic amines) is 1. The van der Waals surface area contributed by atoms with Gasteiger partial charge in [0.1, 0.15) is 0 Å². The summed E-state index contributed by atoms with van der Waals surface area (Å²) in [7, 11) is 0. The SMILES string of the molecule is CSc1cccc(CN2CCC(Cc3noc(C)n3)CC2)c1. The van der Waals surface area contributed by atoms with Crippen molar-refractivity contribution >= 4 is 11.8 Å². The van der Waals surface area contributed by atoms with Gasteiger partial charge >= 0.3 is 0 Å². The zero-order valence-electron chi connectivity index (χ0n) is 13.3. The standard InChI is InChI=1S/C17H23N3OS/c1-13-18-17(19-21-13)11-14-6-8-20(9-7-14)12-15-4-3-5-16(10-15)22-2/h3-5,10,14H,6-9,11-12H2,1-2H3. The summed E-state index contributed by atoms with van der Waals surface area (Å²) < 4.78 is 5.05. The van der Waals surface area contributed by atoms with Crippen LogP contribution in [-0.4, -0.2) is 34.4 Å². The topological polar surface area (TPSA) is 42.2 Å². The van der Waals surface area contributed by atoms with E-state index < -0.39 is 0 Å². The summed E-state index contributed by atoms with van der Waals surface area (Å²) in [5.74, 6) is 2.22. The zero-order valence-corrected chi connectivity index (χ0v) is 14.1. The fourth-order valence-corrected chi connectivity index (χ4v) is 3.54. The monoisotopic (exact) mass is 317 g/mol. The van der Waals surface area contributed by atoms with Gasteiger partial charge in [0.05, 0.1) is 0 Å². The Morgan fingerprint density at radius 1 is 1.32 bits per heavy atom. The van der Waals surface area contributed by atoms with E-state index in [9.17, 15) is 0 Å². The van der Waals surface area contributed by atoms with E-state index in [-0.39, 0.29) is 0 Å². The Morgan fingerprint density at radius 2 is 2.14 bits per heavy atom. The van der Waals surface area contributed by atoms with E-state index in [4.69, 9.17) is 4.52 Å². The average molecular weight is 317 g/mol. The summed E-state index contributed by atoms with van der Waals surface area (Å²) >= 11 is 1.81. The van der Waals surface area contributed by atoms with Crippen molar-refractivity contribution in [2.45, 2.75) is 37.6 Å². The first-order valence-electron chi connectivity index (χ1n) is 7.87. The minimum Gasteiger partial charge on any atom is -0.340 e. The van der Waals surface area contributed by atoms with Gasteiger partial charge in [0.2, 0.25) is 5.89 Å². The minimum atomic E-state index is 0.668. The molecule has 1 aliphatic heterocycles. The van der Waals surface area contributed by atoms with Gasteiger partial charge in [0.15, 0.2) is 5.82 Å². The second-order valence-electron chi connectivity index (χ2n) is 6.00. The van der Waals surface area contributed by atoms with Gasteiger partial charge in [-0.05, 0) is 55.8 Å².